The van der Waals surface area contributed by atoms with Gasteiger partial charge < -0.3 is 4.90 Å². The molecule has 3 unspecified atom stereocenters. The molecule has 3 atom stereocenters. The smallest absolute Gasteiger partial charge is 0.0263 e. The molecule has 0 N–H and O–H groups in total. The standard InChI is InChI=1S/C14H28NPS/c1-4-6-7-8-14(5-2)17-16-12-13-9-10-15(3)11-13/h5,13-14,16H,2,4,6-12H2,1,3H3. The molecule has 0 aromatic heterocycles. The maximum absolute atomic E-state index is 3.98. The van der Waals surface area contributed by atoms with Gasteiger partial charge in [0.15, 0.2) is 0 Å². The van der Waals surface area contributed by atoms with Gasteiger partial charge >= 0.3 is 0 Å². The molecule has 3 heteroatoms. The van der Waals surface area contributed by atoms with E-state index in [4.69, 9.17) is 0 Å². The van der Waals surface area contributed by atoms with Crippen molar-refractivity contribution in [1.82, 2.24) is 4.90 Å². The second kappa shape index (κ2) is 9.42. The Kier molecular flexibility index (Phi) is 8.61. The minimum Gasteiger partial charge on any atom is -0.306 e. The molecule has 0 amide bonds. The van der Waals surface area contributed by atoms with Crippen molar-refractivity contribution in [3.05, 3.63) is 12.7 Å². The average Bonchev–Trinajstić information content (AvgIpc) is 2.73. The maximum Gasteiger partial charge on any atom is 0.0263 e. The van der Waals surface area contributed by atoms with Crippen molar-refractivity contribution in [1.29, 1.82) is 0 Å². The summed E-state index contributed by atoms with van der Waals surface area (Å²) >= 11 is 2.15. The highest BCUT2D eigenvalue weighted by Gasteiger charge is 2.19. The normalized spacial score (nSPS) is 23.5. The molecule has 1 aliphatic heterocycles. The fourth-order valence-electron chi connectivity index (χ4n) is 2.29. The lowest BCUT2D eigenvalue weighted by atomic mass is 10.1. The van der Waals surface area contributed by atoms with Crippen molar-refractivity contribution in [3.8, 4) is 0 Å². The van der Waals surface area contributed by atoms with Crippen LogP contribution in [0.3, 0.4) is 0 Å². The fourth-order valence-corrected chi connectivity index (χ4v) is 5.83. The van der Waals surface area contributed by atoms with Crippen LogP contribution >= 0.6 is 19.2 Å². The lowest BCUT2D eigenvalue weighted by molar-refractivity contribution is 0.403. The largest absolute Gasteiger partial charge is 0.306 e. The molecule has 0 aliphatic carbocycles. The second-order valence-electron chi connectivity index (χ2n) is 5.15. The van der Waals surface area contributed by atoms with E-state index in [0.29, 0.717) is 5.25 Å². The highest BCUT2D eigenvalue weighted by molar-refractivity contribution is 8.49. The van der Waals surface area contributed by atoms with Crippen molar-refractivity contribution in [2.24, 2.45) is 5.92 Å². The van der Waals surface area contributed by atoms with Gasteiger partial charge in [0.1, 0.15) is 0 Å². The number of hydrogen-bond acceptors (Lipinski definition) is 2. The van der Waals surface area contributed by atoms with E-state index < -0.39 is 0 Å². The number of likely N-dealkylation sites (tertiary alicyclic amines) is 1. The Morgan fingerprint density at radius 3 is 2.94 bits per heavy atom. The predicted octanol–water partition coefficient (Wildman–Crippen LogP) is 4.40. The number of hydrogen-bond donors (Lipinski definition) is 0. The zero-order valence-corrected chi connectivity index (χ0v) is 13.3. The van der Waals surface area contributed by atoms with Crippen molar-refractivity contribution >= 4 is 19.2 Å². The van der Waals surface area contributed by atoms with Gasteiger partial charge in [0.2, 0.25) is 0 Å². The molecule has 100 valence electrons. The van der Waals surface area contributed by atoms with Gasteiger partial charge in [0.05, 0.1) is 0 Å². The Bertz CT molecular complexity index is 210. The van der Waals surface area contributed by atoms with Crippen LogP contribution in [0.1, 0.15) is 39.0 Å². The van der Waals surface area contributed by atoms with E-state index in [1.807, 2.05) is 0 Å². The Labute approximate surface area is 113 Å². The Balaban J connectivity index is 2.04. The van der Waals surface area contributed by atoms with Crippen LogP contribution in [-0.4, -0.2) is 36.4 Å². The molecule has 0 bridgehead atoms. The van der Waals surface area contributed by atoms with E-state index in [1.165, 1.54) is 51.4 Å². The van der Waals surface area contributed by atoms with E-state index in [-0.39, 0.29) is 0 Å². The summed E-state index contributed by atoms with van der Waals surface area (Å²) in [6.07, 6.45) is 10.4. The van der Waals surface area contributed by atoms with Crippen LogP contribution < -0.4 is 0 Å². The molecular formula is C14H28NPS. The third-order valence-corrected chi connectivity index (χ3v) is 7.00. The molecule has 0 saturated carbocycles. The second-order valence-corrected chi connectivity index (χ2v) is 8.26. The van der Waals surface area contributed by atoms with Crippen LogP contribution in [0.2, 0.25) is 0 Å². The predicted molar refractivity (Wildman–Crippen MR) is 84.5 cm³/mol. The summed E-state index contributed by atoms with van der Waals surface area (Å²) in [6, 6.07) is 0. The quantitative estimate of drug-likeness (QED) is 0.348. The first-order valence-corrected chi connectivity index (χ1v) is 9.77. The van der Waals surface area contributed by atoms with Gasteiger partial charge in [-0.3, -0.25) is 0 Å². The summed E-state index contributed by atoms with van der Waals surface area (Å²) < 4.78 is 0. The van der Waals surface area contributed by atoms with Gasteiger partial charge in [-0.25, -0.2) is 0 Å². The first-order valence-electron chi connectivity index (χ1n) is 6.95. The lowest BCUT2D eigenvalue weighted by Crippen LogP contribution is -2.14. The molecule has 0 aromatic carbocycles. The maximum atomic E-state index is 3.98. The molecule has 0 aromatic rings. The summed E-state index contributed by atoms with van der Waals surface area (Å²) in [5.41, 5.74) is 0. The first-order chi connectivity index (χ1) is 8.26. The zero-order chi connectivity index (χ0) is 12.5. The molecule has 1 fully saturated rings. The zero-order valence-electron chi connectivity index (χ0n) is 11.5. The summed E-state index contributed by atoms with van der Waals surface area (Å²) in [7, 11) is 3.32. The molecule has 0 radical (unpaired) electrons. The minimum absolute atomic E-state index is 0.707. The van der Waals surface area contributed by atoms with Crippen molar-refractivity contribution in [2.45, 2.75) is 44.3 Å². The van der Waals surface area contributed by atoms with Crippen molar-refractivity contribution in [3.63, 3.8) is 0 Å². The Morgan fingerprint density at radius 1 is 1.53 bits per heavy atom. The van der Waals surface area contributed by atoms with Crippen molar-refractivity contribution in [2.75, 3.05) is 26.3 Å². The molecule has 1 heterocycles. The monoisotopic (exact) mass is 273 g/mol. The number of unbranched alkanes of at least 4 members (excludes halogenated alkanes) is 2. The molecule has 1 rings (SSSR count). The minimum atomic E-state index is 0.707. The molecule has 1 nitrogen and oxygen atoms in total. The van der Waals surface area contributed by atoms with E-state index in [1.54, 1.807) is 0 Å². The summed E-state index contributed by atoms with van der Waals surface area (Å²) in [5.74, 6) is 0.965. The van der Waals surface area contributed by atoms with Crippen LogP contribution in [0.25, 0.3) is 0 Å². The summed E-state index contributed by atoms with van der Waals surface area (Å²) in [5, 5.41) is 0.707. The van der Waals surface area contributed by atoms with Crippen LogP contribution in [0.4, 0.5) is 0 Å². The lowest BCUT2D eigenvalue weighted by Gasteiger charge is -2.14. The fraction of sp³-hybridized carbons (Fsp3) is 0.857. The van der Waals surface area contributed by atoms with Gasteiger partial charge in [-0.15, -0.1) is 18.0 Å². The molecule has 0 spiro atoms. The van der Waals surface area contributed by atoms with E-state index in [9.17, 15) is 0 Å². The van der Waals surface area contributed by atoms with Gasteiger partial charge in [0, 0.05) is 11.8 Å². The van der Waals surface area contributed by atoms with Gasteiger partial charge in [-0.05, 0) is 38.5 Å². The van der Waals surface area contributed by atoms with Gasteiger partial charge in [-0.2, -0.15) is 0 Å². The third-order valence-electron chi connectivity index (χ3n) is 3.45. The Hall–Kier alpha value is 0.480. The van der Waals surface area contributed by atoms with Crippen LogP contribution in [0.15, 0.2) is 12.7 Å². The summed E-state index contributed by atoms with van der Waals surface area (Å²) in [6.45, 7) is 8.88. The first kappa shape index (κ1) is 15.5. The molecule has 1 saturated heterocycles. The molecular weight excluding hydrogens is 245 g/mol. The highest BCUT2D eigenvalue weighted by Crippen LogP contribution is 2.39. The summed E-state index contributed by atoms with van der Waals surface area (Å²) in [4.78, 5) is 2.46. The number of nitrogens with zero attached hydrogens (tertiary/aromatic N) is 1. The van der Waals surface area contributed by atoms with E-state index in [0.717, 1.165) is 13.7 Å². The van der Waals surface area contributed by atoms with E-state index >= 15 is 0 Å². The SMILES string of the molecule is C=CC(CCCCC)SPCC1CCN(C)C1. The topological polar surface area (TPSA) is 3.24 Å². The van der Waals surface area contributed by atoms with E-state index in [2.05, 4.69) is 42.9 Å². The Morgan fingerprint density at radius 2 is 2.35 bits per heavy atom. The van der Waals surface area contributed by atoms with Crippen LogP contribution in [0, 0.1) is 5.92 Å². The number of rotatable bonds is 9. The van der Waals surface area contributed by atoms with Gasteiger partial charge in [0.25, 0.3) is 0 Å². The third kappa shape index (κ3) is 6.84. The van der Waals surface area contributed by atoms with Crippen LogP contribution in [0.5, 0.6) is 0 Å². The van der Waals surface area contributed by atoms with Crippen LogP contribution in [-0.2, 0) is 0 Å². The van der Waals surface area contributed by atoms with Crippen molar-refractivity contribution < 1.29 is 0 Å². The highest BCUT2D eigenvalue weighted by atomic mass is 32.7. The molecule has 17 heavy (non-hydrogen) atoms. The average molecular weight is 273 g/mol. The van der Waals surface area contributed by atoms with Gasteiger partial charge in [-0.1, -0.05) is 40.0 Å². The molecule has 1 aliphatic rings.